The van der Waals surface area contributed by atoms with Gasteiger partial charge in [-0.3, -0.25) is 14.6 Å². The van der Waals surface area contributed by atoms with Crippen LogP contribution in [0.2, 0.25) is 0 Å². The van der Waals surface area contributed by atoms with E-state index in [1.807, 2.05) is 0 Å². The Morgan fingerprint density at radius 1 is 1.38 bits per heavy atom. The molecule has 1 aliphatic carbocycles. The second-order valence-electron chi connectivity index (χ2n) is 4.80. The van der Waals surface area contributed by atoms with Crippen LogP contribution in [0.1, 0.15) is 17.9 Å². The maximum atomic E-state index is 13.7. The van der Waals surface area contributed by atoms with Crippen molar-refractivity contribution in [1.29, 1.82) is 0 Å². The third-order valence-electron chi connectivity index (χ3n) is 3.38. The average molecular weight is 304 g/mol. The van der Waals surface area contributed by atoms with Gasteiger partial charge >= 0.3 is 6.03 Å². The van der Waals surface area contributed by atoms with Gasteiger partial charge in [-0.2, -0.15) is 0 Å². The van der Waals surface area contributed by atoms with E-state index in [1.165, 1.54) is 29.0 Å². The van der Waals surface area contributed by atoms with E-state index in [2.05, 4.69) is 28.1 Å². The van der Waals surface area contributed by atoms with Gasteiger partial charge in [0, 0.05) is 18.3 Å². The third kappa shape index (κ3) is 2.97. The molecular weight excluding hydrogens is 291 g/mol. The highest BCUT2D eigenvalue weighted by Crippen LogP contribution is 2.46. The number of urea groups is 1. The number of rotatable bonds is 3. The Hall–Kier alpha value is -2.15. The first-order valence-electron chi connectivity index (χ1n) is 6.46. The minimum Gasteiger partial charge on any atom is -0.290 e. The molecule has 108 valence electrons. The van der Waals surface area contributed by atoms with E-state index >= 15 is 0 Å². The van der Waals surface area contributed by atoms with Crippen LogP contribution < -0.4 is 5.32 Å². The lowest BCUT2D eigenvalue weighted by Gasteiger charge is -2.16. The standard InChI is InChI=1S/C14H13FN4OS/c15-11-4-2-1-3-9(11)10-7-12(10)19(21)14(20)18-13-8-16-5-6-17-13/h1-6,8,10,12,21H,7H2,(H,17,18,20). The molecule has 1 fully saturated rings. The van der Waals surface area contributed by atoms with E-state index in [1.54, 1.807) is 18.2 Å². The minimum atomic E-state index is -0.400. The van der Waals surface area contributed by atoms with Crippen molar-refractivity contribution in [2.24, 2.45) is 0 Å². The monoisotopic (exact) mass is 304 g/mol. The zero-order valence-electron chi connectivity index (χ0n) is 11.0. The molecule has 2 atom stereocenters. The number of carbonyl (C=O) groups is 1. The van der Waals surface area contributed by atoms with Crippen LogP contribution in [-0.4, -0.2) is 26.3 Å². The molecule has 1 aromatic heterocycles. The number of aromatic nitrogens is 2. The summed E-state index contributed by atoms with van der Waals surface area (Å²) in [5.41, 5.74) is 0.619. The second-order valence-corrected chi connectivity index (χ2v) is 5.23. The molecule has 3 rings (SSSR count). The molecule has 7 heteroatoms. The number of nitrogens with one attached hydrogen (secondary N) is 1. The van der Waals surface area contributed by atoms with Crippen LogP contribution in [0.4, 0.5) is 15.0 Å². The van der Waals surface area contributed by atoms with Crippen molar-refractivity contribution in [2.45, 2.75) is 18.4 Å². The molecule has 1 heterocycles. The number of thiol groups is 1. The highest BCUT2D eigenvalue weighted by molar-refractivity contribution is 7.78. The molecule has 5 nitrogen and oxygen atoms in total. The van der Waals surface area contributed by atoms with Gasteiger partial charge in [-0.15, -0.1) is 0 Å². The van der Waals surface area contributed by atoms with Crippen molar-refractivity contribution < 1.29 is 9.18 Å². The van der Waals surface area contributed by atoms with Crippen LogP contribution in [-0.2, 0) is 0 Å². The number of benzene rings is 1. The highest BCUT2D eigenvalue weighted by Gasteiger charge is 2.45. The number of carbonyl (C=O) groups excluding carboxylic acids is 1. The van der Waals surface area contributed by atoms with Crippen molar-refractivity contribution in [3.63, 3.8) is 0 Å². The molecule has 2 aromatic rings. The minimum absolute atomic E-state index is 0.0173. The van der Waals surface area contributed by atoms with E-state index < -0.39 is 6.03 Å². The van der Waals surface area contributed by atoms with Gasteiger partial charge in [0.05, 0.1) is 12.2 Å². The summed E-state index contributed by atoms with van der Waals surface area (Å²) in [4.78, 5) is 19.9. The first-order chi connectivity index (χ1) is 10.2. The topological polar surface area (TPSA) is 58.1 Å². The van der Waals surface area contributed by atoms with E-state index in [0.717, 1.165) is 0 Å². The Morgan fingerprint density at radius 3 is 2.90 bits per heavy atom. The fraction of sp³-hybridized carbons (Fsp3) is 0.214. The highest BCUT2D eigenvalue weighted by atomic mass is 32.1. The Kier molecular flexibility index (Phi) is 3.74. The van der Waals surface area contributed by atoms with Crippen molar-refractivity contribution in [3.8, 4) is 0 Å². The summed E-state index contributed by atoms with van der Waals surface area (Å²) in [6.45, 7) is 0. The molecule has 0 saturated heterocycles. The summed E-state index contributed by atoms with van der Waals surface area (Å²) in [6.07, 6.45) is 5.14. The quantitative estimate of drug-likeness (QED) is 0.857. The Labute approximate surface area is 126 Å². The fourth-order valence-corrected chi connectivity index (χ4v) is 2.55. The van der Waals surface area contributed by atoms with Crippen molar-refractivity contribution in [2.75, 3.05) is 5.32 Å². The molecule has 21 heavy (non-hydrogen) atoms. The lowest BCUT2D eigenvalue weighted by molar-refractivity contribution is 0.237. The van der Waals surface area contributed by atoms with Gasteiger partial charge in [0.25, 0.3) is 0 Å². The van der Waals surface area contributed by atoms with E-state index in [0.29, 0.717) is 17.8 Å². The molecule has 0 spiro atoms. The molecule has 0 bridgehead atoms. The predicted octanol–water partition coefficient (Wildman–Crippen LogP) is 2.85. The predicted molar refractivity (Wildman–Crippen MR) is 79.4 cm³/mol. The van der Waals surface area contributed by atoms with Gasteiger partial charge in [-0.1, -0.05) is 31.0 Å². The molecule has 0 aliphatic heterocycles. The van der Waals surface area contributed by atoms with Crippen LogP contribution in [0.3, 0.4) is 0 Å². The van der Waals surface area contributed by atoms with Gasteiger partial charge in [-0.25, -0.2) is 14.2 Å². The fourth-order valence-electron chi connectivity index (χ4n) is 2.24. The molecule has 0 radical (unpaired) electrons. The van der Waals surface area contributed by atoms with Crippen LogP contribution in [0.25, 0.3) is 0 Å². The van der Waals surface area contributed by atoms with E-state index in [4.69, 9.17) is 0 Å². The first kappa shape index (κ1) is 13.8. The number of halogens is 1. The Morgan fingerprint density at radius 2 is 2.19 bits per heavy atom. The lowest BCUT2D eigenvalue weighted by Crippen LogP contribution is -2.30. The maximum Gasteiger partial charge on any atom is 0.333 e. The zero-order valence-corrected chi connectivity index (χ0v) is 11.9. The van der Waals surface area contributed by atoms with Gasteiger partial charge in [0.15, 0.2) is 5.82 Å². The maximum absolute atomic E-state index is 13.7. The number of amides is 2. The van der Waals surface area contributed by atoms with Crippen molar-refractivity contribution in [3.05, 3.63) is 54.2 Å². The number of hydrogen-bond donors (Lipinski definition) is 2. The molecule has 1 aromatic carbocycles. The number of hydrogen-bond acceptors (Lipinski definition) is 4. The van der Waals surface area contributed by atoms with Gasteiger partial charge in [-0.05, 0) is 18.1 Å². The second kappa shape index (κ2) is 5.69. The van der Waals surface area contributed by atoms with Crippen LogP contribution in [0.15, 0.2) is 42.9 Å². The molecule has 1 saturated carbocycles. The Bertz CT molecular complexity index is 654. The summed E-state index contributed by atoms with van der Waals surface area (Å²) in [7, 11) is 0. The summed E-state index contributed by atoms with van der Waals surface area (Å²) < 4.78 is 15.0. The molecular formula is C14H13FN4OS. The molecule has 2 amide bonds. The lowest BCUT2D eigenvalue weighted by atomic mass is 10.1. The summed E-state index contributed by atoms with van der Waals surface area (Å²) in [5.74, 6) is 0.0852. The molecule has 2 unspecified atom stereocenters. The van der Waals surface area contributed by atoms with Gasteiger partial charge < -0.3 is 0 Å². The average Bonchev–Trinajstić information content (AvgIpc) is 3.28. The number of nitrogens with zero attached hydrogens (tertiary/aromatic N) is 3. The summed E-state index contributed by atoms with van der Waals surface area (Å²) >= 11 is 4.21. The van der Waals surface area contributed by atoms with Crippen LogP contribution in [0, 0.1) is 5.82 Å². The van der Waals surface area contributed by atoms with Crippen molar-refractivity contribution in [1.82, 2.24) is 14.3 Å². The first-order valence-corrected chi connectivity index (χ1v) is 6.86. The van der Waals surface area contributed by atoms with Gasteiger partial charge in [0.2, 0.25) is 0 Å². The Balaban J connectivity index is 1.64. The van der Waals surface area contributed by atoms with E-state index in [9.17, 15) is 9.18 Å². The summed E-state index contributed by atoms with van der Waals surface area (Å²) in [6, 6.07) is 6.07. The van der Waals surface area contributed by atoms with E-state index in [-0.39, 0.29) is 17.8 Å². The smallest absolute Gasteiger partial charge is 0.290 e. The molecule has 1 aliphatic rings. The van der Waals surface area contributed by atoms with Crippen molar-refractivity contribution >= 4 is 24.7 Å². The normalized spacial score (nSPS) is 19.9. The van der Waals surface area contributed by atoms with Crippen LogP contribution in [0.5, 0.6) is 0 Å². The number of anilines is 1. The van der Waals surface area contributed by atoms with Crippen LogP contribution >= 0.6 is 12.8 Å². The van der Waals surface area contributed by atoms with Gasteiger partial charge in [0.1, 0.15) is 5.82 Å². The third-order valence-corrected chi connectivity index (χ3v) is 3.86. The molecule has 1 N–H and O–H groups in total. The largest absolute Gasteiger partial charge is 0.333 e. The SMILES string of the molecule is O=C(Nc1cnccn1)N(S)C1CC1c1ccccc1F. The summed E-state index contributed by atoms with van der Waals surface area (Å²) in [5, 5.41) is 2.59. The zero-order chi connectivity index (χ0) is 14.8.